The lowest BCUT2D eigenvalue weighted by Gasteiger charge is -2.29. The van der Waals surface area contributed by atoms with Crippen molar-refractivity contribution in [2.24, 2.45) is 0 Å². The molecule has 3 aromatic rings. The van der Waals surface area contributed by atoms with Crippen LogP contribution in [-0.4, -0.2) is 22.1 Å². The molecule has 1 aromatic carbocycles. The third kappa shape index (κ3) is 2.27. The molecule has 2 saturated heterocycles. The largest absolute Gasteiger partial charge is 0.346 e. The zero-order chi connectivity index (χ0) is 15.2. The number of fused-ring (bicyclic) bond motifs is 3. The number of nitrogens with zero attached hydrogens (tertiary/aromatic N) is 1. The molecular formula is C20H21N3. The Hall–Kier alpha value is -2.13. The SMILES string of the molecule is c1cc(-c2ccc(C3CC4CCC(C3)N4)cc2)c2cc[nH]c2n1. The summed E-state index contributed by atoms with van der Waals surface area (Å²) in [6.07, 6.45) is 9.16. The fourth-order valence-electron chi connectivity index (χ4n) is 4.48. The average molecular weight is 303 g/mol. The molecule has 0 amide bonds. The van der Waals surface area contributed by atoms with Crippen LogP contribution >= 0.6 is 0 Å². The second-order valence-corrected chi connectivity index (χ2v) is 7.03. The van der Waals surface area contributed by atoms with Gasteiger partial charge in [-0.2, -0.15) is 0 Å². The molecule has 2 aliphatic heterocycles. The molecule has 5 rings (SSSR count). The molecule has 116 valence electrons. The van der Waals surface area contributed by atoms with Gasteiger partial charge in [-0.15, -0.1) is 0 Å². The summed E-state index contributed by atoms with van der Waals surface area (Å²) in [6.45, 7) is 0. The van der Waals surface area contributed by atoms with E-state index in [9.17, 15) is 0 Å². The van der Waals surface area contributed by atoms with Crippen molar-refractivity contribution < 1.29 is 0 Å². The highest BCUT2D eigenvalue weighted by Crippen LogP contribution is 2.38. The van der Waals surface area contributed by atoms with E-state index in [4.69, 9.17) is 0 Å². The molecule has 0 saturated carbocycles. The topological polar surface area (TPSA) is 40.7 Å². The number of nitrogens with one attached hydrogen (secondary N) is 2. The van der Waals surface area contributed by atoms with E-state index >= 15 is 0 Å². The molecule has 2 unspecified atom stereocenters. The number of hydrogen-bond acceptors (Lipinski definition) is 2. The van der Waals surface area contributed by atoms with Gasteiger partial charge in [-0.3, -0.25) is 0 Å². The third-order valence-corrected chi connectivity index (χ3v) is 5.63. The molecule has 3 heteroatoms. The van der Waals surface area contributed by atoms with E-state index in [1.807, 2.05) is 12.4 Å². The van der Waals surface area contributed by atoms with Gasteiger partial charge in [0.1, 0.15) is 5.65 Å². The summed E-state index contributed by atoms with van der Waals surface area (Å²) in [5.74, 6) is 0.729. The second kappa shape index (κ2) is 5.20. The van der Waals surface area contributed by atoms with Gasteiger partial charge in [0.05, 0.1) is 0 Å². The van der Waals surface area contributed by atoms with Crippen LogP contribution in [0.1, 0.15) is 37.2 Å². The highest BCUT2D eigenvalue weighted by atomic mass is 15.0. The second-order valence-electron chi connectivity index (χ2n) is 7.03. The Labute approximate surface area is 136 Å². The van der Waals surface area contributed by atoms with Gasteiger partial charge in [-0.25, -0.2) is 4.98 Å². The summed E-state index contributed by atoms with van der Waals surface area (Å²) < 4.78 is 0. The van der Waals surface area contributed by atoms with Crippen LogP contribution in [0.4, 0.5) is 0 Å². The smallest absolute Gasteiger partial charge is 0.137 e. The third-order valence-electron chi connectivity index (χ3n) is 5.63. The van der Waals surface area contributed by atoms with Crippen molar-refractivity contribution in [2.45, 2.75) is 43.7 Å². The molecular weight excluding hydrogens is 282 g/mol. The minimum atomic E-state index is 0.729. The van der Waals surface area contributed by atoms with Crippen LogP contribution in [0.2, 0.25) is 0 Å². The average Bonchev–Trinajstić information content (AvgIpc) is 3.21. The normalized spacial score (nSPS) is 26.7. The van der Waals surface area contributed by atoms with Gasteiger partial charge in [0, 0.05) is 29.9 Å². The highest BCUT2D eigenvalue weighted by molar-refractivity contribution is 5.92. The summed E-state index contributed by atoms with van der Waals surface area (Å²) in [6, 6.07) is 14.9. The first-order valence-corrected chi connectivity index (χ1v) is 8.65. The molecule has 2 aromatic heterocycles. The van der Waals surface area contributed by atoms with E-state index < -0.39 is 0 Å². The molecule has 2 aliphatic rings. The van der Waals surface area contributed by atoms with Gasteiger partial charge in [-0.1, -0.05) is 24.3 Å². The van der Waals surface area contributed by atoms with Gasteiger partial charge in [0.15, 0.2) is 0 Å². The van der Waals surface area contributed by atoms with E-state index in [1.165, 1.54) is 47.8 Å². The van der Waals surface area contributed by atoms with Crippen molar-refractivity contribution in [3.63, 3.8) is 0 Å². The quantitative estimate of drug-likeness (QED) is 0.744. The summed E-state index contributed by atoms with van der Waals surface area (Å²) in [5.41, 5.74) is 5.00. The molecule has 2 bridgehead atoms. The Morgan fingerprint density at radius 2 is 1.70 bits per heavy atom. The van der Waals surface area contributed by atoms with Crippen molar-refractivity contribution in [1.29, 1.82) is 0 Å². The van der Waals surface area contributed by atoms with Gasteiger partial charge in [-0.05, 0) is 60.4 Å². The van der Waals surface area contributed by atoms with Gasteiger partial charge >= 0.3 is 0 Å². The molecule has 23 heavy (non-hydrogen) atoms. The standard InChI is InChI=1S/C20H21N3/c1-3-14(18-7-9-21-20-19(18)8-10-22-20)4-2-13(1)15-11-16-5-6-17(12-15)23-16/h1-4,7-10,15-17,23H,5-6,11-12H2,(H,21,22). The molecule has 3 nitrogen and oxygen atoms in total. The Bertz CT molecular complexity index is 821. The number of benzene rings is 1. The van der Waals surface area contributed by atoms with Crippen molar-refractivity contribution in [2.75, 3.05) is 0 Å². The number of pyridine rings is 1. The predicted octanol–water partition coefficient (Wildman–Crippen LogP) is 4.23. The predicted molar refractivity (Wildman–Crippen MR) is 93.5 cm³/mol. The fourth-order valence-corrected chi connectivity index (χ4v) is 4.48. The molecule has 2 N–H and O–H groups in total. The molecule has 2 fully saturated rings. The summed E-state index contributed by atoms with van der Waals surface area (Å²) >= 11 is 0. The number of piperidine rings is 1. The lowest BCUT2D eigenvalue weighted by Crippen LogP contribution is -2.37. The lowest BCUT2D eigenvalue weighted by atomic mass is 9.85. The van der Waals surface area contributed by atoms with Gasteiger partial charge in [0.2, 0.25) is 0 Å². The number of rotatable bonds is 2. The van der Waals surface area contributed by atoms with Crippen LogP contribution in [0, 0.1) is 0 Å². The Balaban J connectivity index is 1.46. The lowest BCUT2D eigenvalue weighted by molar-refractivity contribution is 0.363. The number of aromatic amines is 1. The maximum Gasteiger partial charge on any atom is 0.137 e. The van der Waals surface area contributed by atoms with Crippen LogP contribution in [0.25, 0.3) is 22.2 Å². The van der Waals surface area contributed by atoms with E-state index in [0.29, 0.717) is 0 Å². The molecule has 4 heterocycles. The van der Waals surface area contributed by atoms with Crippen LogP contribution in [0.3, 0.4) is 0 Å². The first kappa shape index (κ1) is 13.3. The summed E-state index contributed by atoms with van der Waals surface area (Å²) in [5, 5.41) is 4.93. The molecule has 0 spiro atoms. The minimum Gasteiger partial charge on any atom is -0.346 e. The maximum absolute atomic E-state index is 4.38. The van der Waals surface area contributed by atoms with Crippen molar-refractivity contribution in [1.82, 2.24) is 15.3 Å². The van der Waals surface area contributed by atoms with Crippen LogP contribution < -0.4 is 5.32 Å². The zero-order valence-corrected chi connectivity index (χ0v) is 13.1. The molecule has 0 radical (unpaired) electrons. The van der Waals surface area contributed by atoms with Crippen LogP contribution in [-0.2, 0) is 0 Å². The van der Waals surface area contributed by atoms with E-state index in [1.54, 1.807) is 0 Å². The number of aromatic nitrogens is 2. The maximum atomic E-state index is 4.38. The Morgan fingerprint density at radius 1 is 0.913 bits per heavy atom. The van der Waals surface area contributed by atoms with Crippen molar-refractivity contribution in [3.8, 4) is 11.1 Å². The molecule has 0 aliphatic carbocycles. The Morgan fingerprint density at radius 3 is 2.48 bits per heavy atom. The van der Waals surface area contributed by atoms with Crippen molar-refractivity contribution >= 4 is 11.0 Å². The monoisotopic (exact) mass is 303 g/mol. The van der Waals surface area contributed by atoms with E-state index in [2.05, 4.69) is 51.7 Å². The highest BCUT2D eigenvalue weighted by Gasteiger charge is 2.33. The number of hydrogen-bond donors (Lipinski definition) is 2. The fraction of sp³-hybridized carbons (Fsp3) is 0.350. The van der Waals surface area contributed by atoms with Crippen molar-refractivity contribution in [3.05, 3.63) is 54.4 Å². The van der Waals surface area contributed by atoms with E-state index in [0.717, 1.165) is 23.6 Å². The first-order valence-electron chi connectivity index (χ1n) is 8.65. The van der Waals surface area contributed by atoms with Crippen LogP contribution in [0.5, 0.6) is 0 Å². The van der Waals surface area contributed by atoms with Gasteiger partial charge in [0.25, 0.3) is 0 Å². The van der Waals surface area contributed by atoms with Gasteiger partial charge < -0.3 is 10.3 Å². The number of H-pyrrole nitrogens is 1. The summed E-state index contributed by atoms with van der Waals surface area (Å²) in [7, 11) is 0. The molecule has 2 atom stereocenters. The zero-order valence-electron chi connectivity index (χ0n) is 13.1. The van der Waals surface area contributed by atoms with Crippen LogP contribution in [0.15, 0.2) is 48.8 Å². The van der Waals surface area contributed by atoms with E-state index in [-0.39, 0.29) is 0 Å². The first-order chi connectivity index (χ1) is 11.4. The minimum absolute atomic E-state index is 0.729. The summed E-state index contributed by atoms with van der Waals surface area (Å²) in [4.78, 5) is 7.57. The Kier molecular flexibility index (Phi) is 3.01.